The normalized spacial score (nSPS) is 10.3. The zero-order valence-corrected chi connectivity index (χ0v) is 6.36. The maximum absolute atomic E-state index is 4.00. The van der Waals surface area contributed by atoms with Crippen LogP contribution >= 0.6 is 0 Å². The van der Waals surface area contributed by atoms with E-state index >= 15 is 0 Å². The van der Waals surface area contributed by atoms with Gasteiger partial charge in [0.1, 0.15) is 0 Å². The molecule has 0 aromatic carbocycles. The van der Waals surface area contributed by atoms with Crippen molar-refractivity contribution >= 4 is 18.7 Å². The molecule has 0 amide bonds. The molecule has 0 fully saturated rings. The highest BCUT2D eigenvalue weighted by Crippen LogP contribution is 2.10. The summed E-state index contributed by atoms with van der Waals surface area (Å²) in [4.78, 5) is 11.6. The Morgan fingerprint density at radius 2 is 2.45 bits per heavy atom. The molecule has 0 bridgehead atoms. The first-order valence-corrected chi connectivity index (χ1v) is 3.22. The van der Waals surface area contributed by atoms with Crippen LogP contribution in [-0.2, 0) is 0 Å². The second-order valence-electron chi connectivity index (χ2n) is 1.96. The predicted octanol–water partition coefficient (Wildman–Crippen LogP) is 1.46. The third-order valence-corrected chi connectivity index (χ3v) is 1.23. The summed E-state index contributed by atoms with van der Waals surface area (Å²) in [6, 6.07) is 3.73. The van der Waals surface area contributed by atoms with E-state index in [1.165, 1.54) is 0 Å². The number of nitrogens with zero attached hydrogens (tertiary/aromatic N) is 3. The molecule has 1 aromatic rings. The van der Waals surface area contributed by atoms with Gasteiger partial charge >= 0.3 is 0 Å². The van der Waals surface area contributed by atoms with Crippen LogP contribution < -0.4 is 0 Å². The zero-order chi connectivity index (χ0) is 8.10. The smallest absolute Gasteiger partial charge is 0.160 e. The summed E-state index contributed by atoms with van der Waals surface area (Å²) < 4.78 is 0. The molecule has 0 saturated heterocycles. The highest BCUT2D eigenvalue weighted by Gasteiger charge is 1.94. The van der Waals surface area contributed by atoms with Crippen molar-refractivity contribution in [2.24, 2.45) is 9.98 Å². The molecule has 56 valence electrons. The molecule has 0 N–H and O–H groups in total. The number of rotatable bonds is 2. The maximum Gasteiger partial charge on any atom is 0.160 e. The summed E-state index contributed by atoms with van der Waals surface area (Å²) in [5.41, 5.74) is 0.894. The average Bonchev–Trinajstić information content (AvgIpc) is 2.06. The molecule has 0 aliphatic heterocycles. The number of hydrogen-bond donors (Lipinski definition) is 0. The Bertz CT molecular complexity index is 278. The Morgan fingerprint density at radius 3 is 3.09 bits per heavy atom. The van der Waals surface area contributed by atoms with Crippen LogP contribution in [0.4, 0.5) is 5.82 Å². The number of hydrogen-bond acceptors (Lipinski definition) is 3. The molecule has 0 aliphatic rings. The lowest BCUT2D eigenvalue weighted by molar-refractivity contribution is 1.27. The fourth-order valence-corrected chi connectivity index (χ4v) is 0.781. The van der Waals surface area contributed by atoms with Crippen molar-refractivity contribution in [1.29, 1.82) is 0 Å². The molecule has 1 rings (SSSR count). The molecule has 11 heavy (non-hydrogen) atoms. The molecule has 0 unspecified atom stereocenters. The van der Waals surface area contributed by atoms with E-state index in [-0.39, 0.29) is 0 Å². The van der Waals surface area contributed by atoms with E-state index in [0.29, 0.717) is 5.82 Å². The SMILES string of the molecule is C=Nc1ncccc1C=NC. The van der Waals surface area contributed by atoms with Gasteiger partial charge in [0.25, 0.3) is 0 Å². The number of aromatic nitrogens is 1. The van der Waals surface area contributed by atoms with E-state index in [1.54, 1.807) is 19.5 Å². The van der Waals surface area contributed by atoms with Gasteiger partial charge in [0, 0.05) is 25.0 Å². The molecule has 3 nitrogen and oxygen atoms in total. The molecular weight excluding hydrogens is 138 g/mol. The molecule has 0 atom stereocenters. The highest BCUT2D eigenvalue weighted by atomic mass is 14.9. The summed E-state index contributed by atoms with van der Waals surface area (Å²) in [6.07, 6.45) is 3.38. The molecule has 0 radical (unpaired) electrons. The van der Waals surface area contributed by atoms with E-state index in [0.717, 1.165) is 5.56 Å². The molecule has 1 heterocycles. The van der Waals surface area contributed by atoms with Gasteiger partial charge in [-0.2, -0.15) is 0 Å². The zero-order valence-electron chi connectivity index (χ0n) is 6.36. The van der Waals surface area contributed by atoms with Crippen molar-refractivity contribution in [1.82, 2.24) is 4.98 Å². The van der Waals surface area contributed by atoms with Crippen LogP contribution in [0.5, 0.6) is 0 Å². The largest absolute Gasteiger partial charge is 0.296 e. The van der Waals surface area contributed by atoms with Gasteiger partial charge in [0.05, 0.1) is 0 Å². The lowest BCUT2D eigenvalue weighted by Crippen LogP contribution is -1.83. The number of aliphatic imine (C=N–C) groups is 2. The van der Waals surface area contributed by atoms with E-state index in [1.807, 2.05) is 12.1 Å². The predicted molar refractivity (Wildman–Crippen MR) is 47.0 cm³/mol. The quantitative estimate of drug-likeness (QED) is 0.583. The van der Waals surface area contributed by atoms with Gasteiger partial charge in [-0.05, 0) is 18.9 Å². The third-order valence-electron chi connectivity index (χ3n) is 1.23. The van der Waals surface area contributed by atoms with Gasteiger partial charge in [-0.1, -0.05) is 0 Å². The van der Waals surface area contributed by atoms with Crippen molar-refractivity contribution in [3.63, 3.8) is 0 Å². The molecule has 1 aromatic heterocycles. The van der Waals surface area contributed by atoms with Crippen LogP contribution in [0.15, 0.2) is 28.3 Å². The van der Waals surface area contributed by atoms with Gasteiger partial charge in [0.2, 0.25) is 0 Å². The Balaban J connectivity index is 3.11. The minimum absolute atomic E-state index is 0.623. The summed E-state index contributed by atoms with van der Waals surface area (Å²) in [5.74, 6) is 0.623. The Kier molecular flexibility index (Phi) is 2.49. The monoisotopic (exact) mass is 147 g/mol. The maximum atomic E-state index is 4.00. The summed E-state index contributed by atoms with van der Waals surface area (Å²) >= 11 is 0. The Hall–Kier alpha value is -1.51. The fourth-order valence-electron chi connectivity index (χ4n) is 0.781. The van der Waals surface area contributed by atoms with Crippen molar-refractivity contribution in [3.8, 4) is 0 Å². The van der Waals surface area contributed by atoms with Gasteiger partial charge in [-0.3, -0.25) is 4.99 Å². The molecule has 0 spiro atoms. The lowest BCUT2D eigenvalue weighted by Gasteiger charge is -1.94. The minimum atomic E-state index is 0.623. The summed E-state index contributed by atoms with van der Waals surface area (Å²) in [7, 11) is 1.71. The second-order valence-corrected chi connectivity index (χ2v) is 1.96. The van der Waals surface area contributed by atoms with Crippen molar-refractivity contribution < 1.29 is 0 Å². The molecular formula is C8H9N3. The first-order chi connectivity index (χ1) is 5.38. The van der Waals surface area contributed by atoms with Gasteiger partial charge in [-0.25, -0.2) is 9.98 Å². The van der Waals surface area contributed by atoms with Crippen LogP contribution in [0.25, 0.3) is 0 Å². The van der Waals surface area contributed by atoms with E-state index < -0.39 is 0 Å². The molecule has 0 saturated carbocycles. The Morgan fingerprint density at radius 1 is 1.64 bits per heavy atom. The van der Waals surface area contributed by atoms with E-state index in [9.17, 15) is 0 Å². The van der Waals surface area contributed by atoms with Crippen molar-refractivity contribution in [2.75, 3.05) is 7.05 Å². The first-order valence-electron chi connectivity index (χ1n) is 3.22. The van der Waals surface area contributed by atoms with E-state index in [2.05, 4.69) is 21.7 Å². The first kappa shape index (κ1) is 7.60. The lowest BCUT2D eigenvalue weighted by atomic mass is 10.3. The summed E-state index contributed by atoms with van der Waals surface area (Å²) in [6.45, 7) is 3.40. The van der Waals surface area contributed by atoms with Crippen LogP contribution in [-0.4, -0.2) is 25.0 Å². The van der Waals surface area contributed by atoms with Gasteiger partial charge in [0.15, 0.2) is 5.82 Å². The molecule has 3 heteroatoms. The minimum Gasteiger partial charge on any atom is -0.296 e. The Labute approximate surface area is 65.5 Å². The fraction of sp³-hybridized carbons (Fsp3) is 0.125. The average molecular weight is 147 g/mol. The van der Waals surface area contributed by atoms with Crippen LogP contribution in [0.1, 0.15) is 5.56 Å². The van der Waals surface area contributed by atoms with Gasteiger partial charge in [-0.15, -0.1) is 0 Å². The molecule has 0 aliphatic carbocycles. The number of pyridine rings is 1. The van der Waals surface area contributed by atoms with E-state index in [4.69, 9.17) is 0 Å². The van der Waals surface area contributed by atoms with Crippen LogP contribution in [0.3, 0.4) is 0 Å². The van der Waals surface area contributed by atoms with Crippen molar-refractivity contribution in [2.45, 2.75) is 0 Å². The second kappa shape index (κ2) is 3.61. The van der Waals surface area contributed by atoms with Crippen molar-refractivity contribution in [3.05, 3.63) is 23.9 Å². The van der Waals surface area contributed by atoms with Crippen LogP contribution in [0, 0.1) is 0 Å². The highest BCUT2D eigenvalue weighted by molar-refractivity contribution is 5.85. The third kappa shape index (κ3) is 1.70. The van der Waals surface area contributed by atoms with Gasteiger partial charge < -0.3 is 0 Å². The van der Waals surface area contributed by atoms with Crippen LogP contribution in [0.2, 0.25) is 0 Å². The standard InChI is InChI=1S/C8H9N3/c1-9-6-7-4-3-5-11-8(7)10-2/h3-6H,2H2,1H3. The topological polar surface area (TPSA) is 37.6 Å². The summed E-state index contributed by atoms with van der Waals surface area (Å²) in [5, 5.41) is 0.